The molecule has 0 saturated heterocycles. The number of aromatic amines is 1. The smallest absolute Gasteiger partial charge is 0.257 e. The summed E-state index contributed by atoms with van der Waals surface area (Å²) >= 11 is 0. The summed E-state index contributed by atoms with van der Waals surface area (Å²) in [5.74, 6) is -1.12. The van der Waals surface area contributed by atoms with Crippen LogP contribution in [0.2, 0.25) is 0 Å². The van der Waals surface area contributed by atoms with Gasteiger partial charge >= 0.3 is 0 Å². The first kappa shape index (κ1) is 18.8. The van der Waals surface area contributed by atoms with Gasteiger partial charge in [-0.15, -0.1) is 0 Å². The zero-order chi connectivity index (χ0) is 19.4. The van der Waals surface area contributed by atoms with Crippen molar-refractivity contribution in [3.8, 4) is 0 Å². The molecule has 6 heteroatoms. The van der Waals surface area contributed by atoms with Crippen molar-refractivity contribution in [3.05, 3.63) is 81.4 Å². The molecule has 0 aliphatic heterocycles. The van der Waals surface area contributed by atoms with Gasteiger partial charge in [-0.1, -0.05) is 23.8 Å². The van der Waals surface area contributed by atoms with Crippen LogP contribution in [0.3, 0.4) is 0 Å². The van der Waals surface area contributed by atoms with E-state index in [9.17, 15) is 14.0 Å². The molecule has 0 bridgehead atoms. The molecule has 0 radical (unpaired) electrons. The maximum absolute atomic E-state index is 14.0. The number of carbonyl (C=O) groups excluding carboxylic acids is 1. The van der Waals surface area contributed by atoms with Gasteiger partial charge in [0, 0.05) is 24.2 Å². The van der Waals surface area contributed by atoms with Crippen molar-refractivity contribution < 1.29 is 14.3 Å². The molecular formula is C21H21FN2O3. The predicted molar refractivity (Wildman–Crippen MR) is 102 cm³/mol. The fraction of sp³-hybridized carbons (Fsp3) is 0.238. The first-order chi connectivity index (χ1) is 13.0. The third kappa shape index (κ3) is 4.23. The molecule has 3 rings (SSSR count). The highest BCUT2D eigenvalue weighted by Gasteiger charge is 2.20. The normalized spacial score (nSPS) is 10.9. The van der Waals surface area contributed by atoms with Gasteiger partial charge in [0.05, 0.1) is 12.1 Å². The van der Waals surface area contributed by atoms with Crippen LogP contribution in [0.4, 0.5) is 4.39 Å². The monoisotopic (exact) mass is 368 g/mol. The van der Waals surface area contributed by atoms with Crippen molar-refractivity contribution in [2.75, 3.05) is 13.2 Å². The average molecular weight is 368 g/mol. The number of carbonyl (C=O) groups is 1. The van der Waals surface area contributed by atoms with E-state index >= 15 is 0 Å². The highest BCUT2D eigenvalue weighted by molar-refractivity contribution is 5.94. The van der Waals surface area contributed by atoms with E-state index in [0.717, 1.165) is 16.5 Å². The van der Waals surface area contributed by atoms with Crippen molar-refractivity contribution in [2.45, 2.75) is 19.9 Å². The molecule has 1 heterocycles. The molecule has 5 nitrogen and oxygen atoms in total. The van der Waals surface area contributed by atoms with Crippen molar-refractivity contribution in [2.24, 2.45) is 0 Å². The minimum absolute atomic E-state index is 0.0341. The van der Waals surface area contributed by atoms with Gasteiger partial charge in [0.25, 0.3) is 11.5 Å². The Morgan fingerprint density at radius 2 is 1.96 bits per heavy atom. The highest BCUT2D eigenvalue weighted by Crippen LogP contribution is 2.16. The van der Waals surface area contributed by atoms with Crippen LogP contribution in [0.5, 0.6) is 0 Å². The van der Waals surface area contributed by atoms with Crippen LogP contribution < -0.4 is 5.56 Å². The number of nitrogens with zero attached hydrogens (tertiary/aromatic N) is 1. The van der Waals surface area contributed by atoms with E-state index in [-0.39, 0.29) is 30.8 Å². The van der Waals surface area contributed by atoms with E-state index < -0.39 is 11.7 Å². The molecule has 0 atom stereocenters. The zero-order valence-corrected chi connectivity index (χ0v) is 15.0. The van der Waals surface area contributed by atoms with Crippen LogP contribution >= 0.6 is 0 Å². The standard InChI is InChI=1S/C21H21FN2O3/c1-14-7-8-19-15(11-14)12-16(20(26)23-19)13-24(9-4-10-25)21(27)17-5-2-3-6-18(17)22/h2-3,5-8,11-12,25H,4,9-10,13H2,1H3,(H,23,26). The van der Waals surface area contributed by atoms with Gasteiger partial charge in [0.2, 0.25) is 0 Å². The van der Waals surface area contributed by atoms with Gasteiger partial charge in [-0.05, 0) is 49.1 Å². The Hall–Kier alpha value is -2.99. The Balaban J connectivity index is 1.96. The molecule has 0 spiro atoms. The number of amides is 1. The first-order valence-electron chi connectivity index (χ1n) is 8.77. The van der Waals surface area contributed by atoms with Gasteiger partial charge < -0.3 is 15.0 Å². The summed E-state index contributed by atoms with van der Waals surface area (Å²) in [4.78, 5) is 29.4. The van der Waals surface area contributed by atoms with Crippen LogP contribution in [0.25, 0.3) is 10.9 Å². The summed E-state index contributed by atoms with van der Waals surface area (Å²) in [6.07, 6.45) is 0.338. The van der Waals surface area contributed by atoms with Crippen molar-refractivity contribution in [1.29, 1.82) is 0 Å². The minimum Gasteiger partial charge on any atom is -0.396 e. The molecule has 2 aromatic carbocycles. The lowest BCUT2D eigenvalue weighted by Gasteiger charge is -2.22. The fourth-order valence-electron chi connectivity index (χ4n) is 3.01. The molecule has 27 heavy (non-hydrogen) atoms. The zero-order valence-electron chi connectivity index (χ0n) is 15.0. The van der Waals surface area contributed by atoms with Crippen LogP contribution in [0, 0.1) is 12.7 Å². The number of aliphatic hydroxyl groups is 1. The van der Waals surface area contributed by atoms with Gasteiger partial charge in [-0.25, -0.2) is 4.39 Å². The number of aliphatic hydroxyl groups excluding tert-OH is 1. The number of H-pyrrole nitrogens is 1. The van der Waals surface area contributed by atoms with Gasteiger partial charge in [0.1, 0.15) is 5.82 Å². The summed E-state index contributed by atoms with van der Waals surface area (Å²) in [6, 6.07) is 13.2. The number of rotatable bonds is 6. The molecule has 1 amide bonds. The molecule has 0 fully saturated rings. The number of aromatic nitrogens is 1. The number of nitrogens with one attached hydrogen (secondary N) is 1. The molecular weight excluding hydrogens is 347 g/mol. The molecule has 0 saturated carbocycles. The predicted octanol–water partition coefficient (Wildman–Crippen LogP) is 3.00. The van der Waals surface area contributed by atoms with Crippen LogP contribution in [0.1, 0.15) is 27.9 Å². The Bertz CT molecular complexity index is 1030. The molecule has 3 aromatic rings. The Morgan fingerprint density at radius 1 is 1.19 bits per heavy atom. The second-order valence-corrected chi connectivity index (χ2v) is 6.50. The number of hydrogen-bond acceptors (Lipinski definition) is 3. The second kappa shape index (κ2) is 8.14. The fourth-order valence-corrected chi connectivity index (χ4v) is 3.01. The lowest BCUT2D eigenvalue weighted by Crippen LogP contribution is -2.34. The quantitative estimate of drug-likeness (QED) is 0.702. The van der Waals surface area contributed by atoms with E-state index in [1.54, 1.807) is 12.1 Å². The Kier molecular flexibility index (Phi) is 5.66. The van der Waals surface area contributed by atoms with Crippen LogP contribution in [-0.2, 0) is 6.54 Å². The summed E-state index contributed by atoms with van der Waals surface area (Å²) in [7, 11) is 0. The number of aryl methyl sites for hydroxylation is 1. The Morgan fingerprint density at radius 3 is 2.70 bits per heavy atom. The number of benzene rings is 2. The number of halogens is 1. The number of hydrogen-bond donors (Lipinski definition) is 2. The summed E-state index contributed by atoms with van der Waals surface area (Å²) in [5.41, 5.74) is 1.85. The van der Waals surface area contributed by atoms with E-state index in [1.165, 1.54) is 23.1 Å². The summed E-state index contributed by atoms with van der Waals surface area (Å²) in [6.45, 7) is 2.11. The van der Waals surface area contributed by atoms with Gasteiger partial charge in [-0.2, -0.15) is 0 Å². The van der Waals surface area contributed by atoms with Crippen molar-refractivity contribution in [3.63, 3.8) is 0 Å². The molecule has 0 aliphatic carbocycles. The molecule has 0 aliphatic rings. The second-order valence-electron chi connectivity index (χ2n) is 6.50. The molecule has 2 N–H and O–H groups in total. The maximum Gasteiger partial charge on any atom is 0.257 e. The van der Waals surface area contributed by atoms with Crippen LogP contribution in [-0.4, -0.2) is 34.0 Å². The van der Waals surface area contributed by atoms with Gasteiger partial charge in [-0.3, -0.25) is 9.59 Å². The van der Waals surface area contributed by atoms with Crippen molar-refractivity contribution in [1.82, 2.24) is 9.88 Å². The number of fused-ring (bicyclic) bond motifs is 1. The molecule has 0 unspecified atom stereocenters. The summed E-state index contributed by atoms with van der Waals surface area (Å²) < 4.78 is 14.0. The lowest BCUT2D eigenvalue weighted by atomic mass is 10.1. The van der Waals surface area contributed by atoms with E-state index in [4.69, 9.17) is 5.11 Å². The van der Waals surface area contributed by atoms with E-state index in [1.807, 2.05) is 25.1 Å². The number of pyridine rings is 1. The van der Waals surface area contributed by atoms with E-state index in [0.29, 0.717) is 12.0 Å². The highest BCUT2D eigenvalue weighted by atomic mass is 19.1. The minimum atomic E-state index is -0.612. The van der Waals surface area contributed by atoms with E-state index in [2.05, 4.69) is 4.98 Å². The lowest BCUT2D eigenvalue weighted by molar-refractivity contribution is 0.0726. The SMILES string of the molecule is Cc1ccc2[nH]c(=O)c(CN(CCCO)C(=O)c3ccccc3F)cc2c1. The largest absolute Gasteiger partial charge is 0.396 e. The maximum atomic E-state index is 14.0. The molecule has 140 valence electrons. The van der Waals surface area contributed by atoms with Gasteiger partial charge in [0.15, 0.2) is 0 Å². The topological polar surface area (TPSA) is 73.4 Å². The third-order valence-corrected chi connectivity index (χ3v) is 4.42. The first-order valence-corrected chi connectivity index (χ1v) is 8.77. The van der Waals surface area contributed by atoms with Crippen molar-refractivity contribution >= 4 is 16.8 Å². The van der Waals surface area contributed by atoms with Crippen LogP contribution in [0.15, 0.2) is 53.3 Å². The summed E-state index contributed by atoms with van der Waals surface area (Å²) in [5, 5.41) is 10.0. The average Bonchev–Trinajstić information content (AvgIpc) is 2.65. The Labute approximate surface area is 156 Å². The third-order valence-electron chi connectivity index (χ3n) is 4.42. The molecule has 1 aromatic heterocycles.